The van der Waals surface area contributed by atoms with Gasteiger partial charge in [0.1, 0.15) is 48.3 Å². The van der Waals surface area contributed by atoms with Crippen LogP contribution in [0.15, 0.2) is 86.0 Å². The number of imidazole rings is 2. The van der Waals surface area contributed by atoms with Gasteiger partial charge in [0, 0.05) is 41.3 Å². The Labute approximate surface area is 589 Å². The van der Waals surface area contributed by atoms with Gasteiger partial charge in [0.25, 0.3) is 21.9 Å². The average molecular weight is 1510 g/mol. The standard InChI is InChI=1S/C32H49N5O9SSi2.C31H47N5O7Si2.CH3ClO2S/c1-20(2)48(21(3)4)43-17-25-27(45-49(46-48,22(5)6)23(7)8)32(39,15-16-42-47(9,40)41)31(44-25)37-19-35-26-28(33-18-34-29(26)37)36-30(38)24-13-11-10-12-14-24;1-19(2)44(20(3)4)40-16-24-26(42-45(43-44,21(5)6)22(7)8)31(39,14-15-37)30(41-24)36-18-34-25-27(32-17-33-28(25)36)35-29(38)23-12-10-9-11-13-23;1-5(2,3)4/h10-14,18-23,25,27,31,39H,15-17H2,1-9H3,(H,33,34,36,38);9-13,17-22,24,26,30,37,39H,14-16H2,1-8H3,(H,32,33,35,38);1H3/t25-,27-,31-,32+;24-,26-,30-,31+;/m11./s1. The number of aliphatic hydroxyl groups excluding tert-OH is 1. The first kappa shape index (κ1) is 79.8. The summed E-state index contributed by atoms with van der Waals surface area (Å²) in [5.74, 6) is -0.313. The van der Waals surface area contributed by atoms with E-state index in [4.69, 9.17) is 39.6 Å². The van der Waals surface area contributed by atoms with E-state index in [0.717, 1.165) is 12.5 Å². The van der Waals surface area contributed by atoms with Gasteiger partial charge in [0.05, 0.1) is 45.0 Å². The van der Waals surface area contributed by atoms with E-state index in [1.54, 1.807) is 57.7 Å². The molecular weight excluding hydrogens is 1410 g/mol. The van der Waals surface area contributed by atoms with Gasteiger partial charge < -0.3 is 61.4 Å². The molecule has 28 nitrogen and oxygen atoms in total. The third kappa shape index (κ3) is 16.7. The SMILES string of the molecule is CC(C)[Si]1(C(C)C)OC[C@H]2O[C@@H](n3cnc4c(NC(=O)c5ccccc5)ncnc43)[C@](O)(CCO)[C@@H]2O[Si](C(C)C)(C(C)C)O1.CC(C)[Si]1(C(C)C)OC[C@H]2O[C@@H](n3cnc4c(NC(=O)c5ccccc5)ncnc43)[C@](O)(CCOS(C)(=O)=O)[C@@H]2O[Si](C(C)C)(C(C)C)O1.CS(=O)(=O)Cl. The van der Waals surface area contributed by atoms with Gasteiger partial charge in [-0.3, -0.25) is 22.9 Å². The lowest BCUT2D eigenvalue weighted by Gasteiger charge is -2.52. The van der Waals surface area contributed by atoms with Gasteiger partial charge in [-0.1, -0.05) is 147 Å². The Hall–Kier alpha value is -4.94. The van der Waals surface area contributed by atoms with Crippen LogP contribution in [0.4, 0.5) is 11.6 Å². The van der Waals surface area contributed by atoms with Crippen LogP contribution in [0.3, 0.4) is 0 Å². The van der Waals surface area contributed by atoms with Crippen LogP contribution < -0.4 is 10.6 Å². The summed E-state index contributed by atoms with van der Waals surface area (Å²) >= 11 is 0. The summed E-state index contributed by atoms with van der Waals surface area (Å²) in [5, 5.41) is 41.3. The van der Waals surface area contributed by atoms with Crippen LogP contribution in [0.2, 0.25) is 44.3 Å². The summed E-state index contributed by atoms with van der Waals surface area (Å²) in [7, 11) is -14.6. The molecule has 99 heavy (non-hydrogen) atoms. The number of anilines is 2. The molecular formula is C64H99ClN10O18S2Si4. The van der Waals surface area contributed by atoms with Crippen molar-refractivity contribution in [1.82, 2.24) is 39.0 Å². The number of fused-ring (bicyclic) bond motifs is 4. The van der Waals surface area contributed by atoms with Crippen LogP contribution in [0.25, 0.3) is 22.3 Å². The zero-order valence-corrected chi connectivity index (χ0v) is 66.0. The maximum atomic E-state index is 13.0. The number of amides is 2. The molecule has 0 radical (unpaired) electrons. The second-order valence-electron chi connectivity index (χ2n) is 28.2. The summed E-state index contributed by atoms with van der Waals surface area (Å²) < 4.78 is 107. The van der Waals surface area contributed by atoms with E-state index in [2.05, 4.69) is 162 Å². The first-order valence-electron chi connectivity index (χ1n) is 33.5. The van der Waals surface area contributed by atoms with Crippen LogP contribution in [0.5, 0.6) is 0 Å². The van der Waals surface area contributed by atoms with E-state index >= 15 is 0 Å². The van der Waals surface area contributed by atoms with Crippen molar-refractivity contribution < 1.29 is 81.3 Å². The minimum Gasteiger partial charge on any atom is -0.414 e. The number of hydrogen-bond acceptors (Lipinski definition) is 24. The Morgan fingerprint density at radius 3 is 1.20 bits per heavy atom. The summed E-state index contributed by atoms with van der Waals surface area (Å²) in [5.41, 5.74) is -0.894. The summed E-state index contributed by atoms with van der Waals surface area (Å²) in [6.07, 6.45) is 1.83. The Morgan fingerprint density at radius 2 is 0.889 bits per heavy atom. The smallest absolute Gasteiger partial charge is 0.335 e. The number of benzene rings is 2. The van der Waals surface area contributed by atoms with Crippen molar-refractivity contribution in [2.75, 3.05) is 49.6 Å². The summed E-state index contributed by atoms with van der Waals surface area (Å²) in [6, 6.07) is 17.5. The van der Waals surface area contributed by atoms with Crippen molar-refractivity contribution in [3.05, 3.63) is 97.1 Å². The molecule has 2 amide bonds. The Morgan fingerprint density at radius 1 is 0.556 bits per heavy atom. The highest BCUT2D eigenvalue weighted by molar-refractivity contribution is 8.13. The Kier molecular flexibility index (Phi) is 25.4. The third-order valence-corrected chi connectivity index (χ3v) is 39.9. The predicted octanol–water partition coefficient (Wildman–Crippen LogP) is 10.3. The van der Waals surface area contributed by atoms with E-state index in [-0.39, 0.29) is 118 Å². The number of halogens is 1. The van der Waals surface area contributed by atoms with E-state index in [0.29, 0.717) is 22.3 Å². The fraction of sp³-hybridized carbons (Fsp3) is 0.625. The molecule has 0 spiro atoms. The van der Waals surface area contributed by atoms with Gasteiger partial charge in [-0.25, -0.2) is 38.3 Å². The molecule has 4 aliphatic heterocycles. The molecule has 0 saturated carbocycles. The monoisotopic (exact) mass is 1510 g/mol. The van der Waals surface area contributed by atoms with Crippen molar-refractivity contribution in [3.8, 4) is 0 Å². The molecule has 2 aromatic carbocycles. The van der Waals surface area contributed by atoms with Gasteiger partial charge in [0.2, 0.25) is 9.05 Å². The maximum Gasteiger partial charge on any atom is 0.335 e. The van der Waals surface area contributed by atoms with Crippen LogP contribution in [-0.4, -0.2) is 192 Å². The van der Waals surface area contributed by atoms with Crippen LogP contribution in [0.1, 0.15) is 157 Å². The fourth-order valence-electron chi connectivity index (χ4n) is 13.9. The van der Waals surface area contributed by atoms with Gasteiger partial charge >= 0.3 is 34.2 Å². The largest absolute Gasteiger partial charge is 0.414 e. The highest BCUT2D eigenvalue weighted by Crippen LogP contribution is 2.54. The Balaban J connectivity index is 0.000000237. The molecule has 35 heteroatoms. The van der Waals surface area contributed by atoms with Crippen molar-refractivity contribution >= 4 is 110 Å². The first-order chi connectivity index (χ1) is 46.3. The minimum atomic E-state index is -3.82. The minimum absolute atomic E-state index is 0.0290. The molecule has 548 valence electrons. The number of aromatic nitrogens is 8. The van der Waals surface area contributed by atoms with Gasteiger partial charge in [0.15, 0.2) is 46.4 Å². The number of carbonyl (C=O) groups excluding carboxylic acids is 2. The Bertz CT molecular complexity index is 3940. The normalized spacial score (nSPS) is 25.2. The van der Waals surface area contributed by atoms with Crippen LogP contribution in [0, 0.1) is 0 Å². The molecule has 5 N–H and O–H groups in total. The molecule has 4 aromatic heterocycles. The molecule has 4 aliphatic rings. The van der Waals surface area contributed by atoms with Gasteiger partial charge in [-0.15, -0.1) is 0 Å². The lowest BCUT2D eigenvalue weighted by Crippen LogP contribution is -2.67. The van der Waals surface area contributed by atoms with Crippen molar-refractivity contribution in [3.63, 3.8) is 0 Å². The lowest BCUT2D eigenvalue weighted by molar-refractivity contribution is -0.116. The molecule has 10 rings (SSSR count). The van der Waals surface area contributed by atoms with Gasteiger partial charge in [-0.05, 0) is 68.6 Å². The van der Waals surface area contributed by atoms with Crippen molar-refractivity contribution in [2.24, 2.45) is 0 Å². The molecule has 8 atom stereocenters. The second kappa shape index (κ2) is 31.6. The van der Waals surface area contributed by atoms with Crippen molar-refractivity contribution in [1.29, 1.82) is 0 Å². The van der Waals surface area contributed by atoms with Crippen LogP contribution in [-0.2, 0) is 58.8 Å². The zero-order chi connectivity index (χ0) is 73.2. The topological polar surface area (TPSA) is 357 Å². The molecule has 0 aliphatic carbocycles. The number of aliphatic hydroxyl groups is 3. The highest BCUT2D eigenvalue weighted by atomic mass is 35.7. The number of nitrogens with one attached hydrogen (secondary N) is 2. The molecule has 0 bridgehead atoms. The summed E-state index contributed by atoms with van der Waals surface area (Å²) in [6.45, 7) is 33.5. The predicted molar refractivity (Wildman–Crippen MR) is 383 cm³/mol. The van der Waals surface area contributed by atoms with Crippen molar-refractivity contribution in [2.45, 2.75) is 216 Å². The van der Waals surface area contributed by atoms with E-state index in [9.17, 15) is 41.7 Å². The van der Waals surface area contributed by atoms with E-state index in [1.807, 2.05) is 12.1 Å². The first-order valence-corrected chi connectivity index (χ1v) is 45.9. The second-order valence-corrected chi connectivity index (χ2v) is 50.6. The zero-order valence-electron chi connectivity index (χ0n) is 59.6. The molecule has 0 unspecified atom stereocenters. The van der Waals surface area contributed by atoms with Crippen LogP contribution >= 0.6 is 10.7 Å². The van der Waals surface area contributed by atoms with E-state index in [1.165, 1.54) is 25.3 Å². The quantitative estimate of drug-likeness (QED) is 0.0269. The lowest BCUT2D eigenvalue weighted by atomic mass is 9.90. The number of carbonyl (C=O) groups is 2. The number of hydrogen-bond donors (Lipinski definition) is 5. The molecule has 6 aromatic rings. The fourth-order valence-corrected chi connectivity index (χ4v) is 36.8. The molecule has 8 heterocycles. The van der Waals surface area contributed by atoms with Gasteiger partial charge in [-0.2, -0.15) is 8.42 Å². The van der Waals surface area contributed by atoms with E-state index < -0.39 is 101 Å². The summed E-state index contributed by atoms with van der Waals surface area (Å²) in [4.78, 5) is 52.5. The maximum absolute atomic E-state index is 13.0. The third-order valence-electron chi connectivity index (χ3n) is 18.8. The number of ether oxygens (including phenoxy) is 2. The highest BCUT2D eigenvalue weighted by Gasteiger charge is 2.68. The average Bonchev–Trinajstić information content (AvgIpc) is 1.60. The number of rotatable bonds is 20. The number of nitrogens with zero attached hydrogens (tertiary/aromatic N) is 8. The molecule has 4 saturated heterocycles. The molecule has 4 fully saturated rings.